The lowest BCUT2D eigenvalue weighted by Gasteiger charge is -2.26. The van der Waals surface area contributed by atoms with E-state index in [9.17, 15) is 8.78 Å². The molecular formula is C23H24F2N2O2. The van der Waals surface area contributed by atoms with Crippen molar-refractivity contribution in [2.24, 2.45) is 0 Å². The molecule has 0 aliphatic heterocycles. The summed E-state index contributed by atoms with van der Waals surface area (Å²) in [6.45, 7) is 1.90. The van der Waals surface area contributed by atoms with E-state index in [1.165, 1.54) is 6.07 Å². The Morgan fingerprint density at radius 3 is 2.14 bits per heavy atom. The number of nitrogen functional groups attached to an aromatic ring is 1. The molecule has 4 nitrogen and oxygen atoms in total. The molecule has 0 aliphatic carbocycles. The standard InChI is InChI=1S/C23H24F2N2O2/c1-14(15-7-9-19(24)20(25)12-15)27-23(16-5-4-6-18(26)11-16)17-8-10-21(28-2)22(13-17)29-3/h4-14,23,27H,26H2,1-3H3. The quantitative estimate of drug-likeness (QED) is 0.550. The molecule has 0 fully saturated rings. The van der Waals surface area contributed by atoms with E-state index in [2.05, 4.69) is 5.32 Å². The Balaban J connectivity index is 2.00. The number of nitrogens with one attached hydrogen (secondary N) is 1. The summed E-state index contributed by atoms with van der Waals surface area (Å²) in [6, 6.07) is 16.6. The first-order chi connectivity index (χ1) is 13.9. The minimum Gasteiger partial charge on any atom is -0.493 e. The number of methoxy groups -OCH3 is 2. The highest BCUT2D eigenvalue weighted by Crippen LogP contribution is 2.34. The predicted octanol–water partition coefficient (Wildman–Crippen LogP) is 5.00. The average Bonchev–Trinajstić information content (AvgIpc) is 2.73. The van der Waals surface area contributed by atoms with E-state index < -0.39 is 11.6 Å². The van der Waals surface area contributed by atoms with Crippen LogP contribution in [-0.4, -0.2) is 14.2 Å². The lowest BCUT2D eigenvalue weighted by Crippen LogP contribution is -2.26. The average molecular weight is 398 g/mol. The van der Waals surface area contributed by atoms with Crippen molar-refractivity contribution < 1.29 is 18.3 Å². The van der Waals surface area contributed by atoms with Crippen LogP contribution in [0.5, 0.6) is 11.5 Å². The SMILES string of the molecule is COc1ccc(C(NC(C)c2ccc(F)c(F)c2)c2cccc(N)c2)cc1OC. The van der Waals surface area contributed by atoms with Gasteiger partial charge in [-0.15, -0.1) is 0 Å². The summed E-state index contributed by atoms with van der Waals surface area (Å²) in [7, 11) is 3.16. The van der Waals surface area contributed by atoms with Crippen LogP contribution in [0.4, 0.5) is 14.5 Å². The Labute approximate surface area is 169 Å². The van der Waals surface area contributed by atoms with Crippen LogP contribution in [0.1, 0.15) is 35.7 Å². The van der Waals surface area contributed by atoms with Crippen molar-refractivity contribution >= 4 is 5.69 Å². The van der Waals surface area contributed by atoms with Gasteiger partial charge in [-0.05, 0) is 60.0 Å². The Morgan fingerprint density at radius 1 is 0.793 bits per heavy atom. The number of rotatable bonds is 7. The second-order valence-electron chi connectivity index (χ2n) is 6.78. The fourth-order valence-corrected chi connectivity index (χ4v) is 3.28. The van der Waals surface area contributed by atoms with Gasteiger partial charge in [0.1, 0.15) is 0 Å². The Bertz CT molecular complexity index is 994. The predicted molar refractivity (Wildman–Crippen MR) is 110 cm³/mol. The van der Waals surface area contributed by atoms with Crippen LogP contribution in [0.2, 0.25) is 0 Å². The van der Waals surface area contributed by atoms with Gasteiger partial charge in [-0.3, -0.25) is 5.32 Å². The van der Waals surface area contributed by atoms with Crippen LogP contribution in [0.15, 0.2) is 60.7 Å². The summed E-state index contributed by atoms with van der Waals surface area (Å²) in [4.78, 5) is 0. The molecule has 0 saturated carbocycles. The molecule has 0 amide bonds. The Kier molecular flexibility index (Phi) is 6.34. The minimum absolute atomic E-state index is 0.260. The summed E-state index contributed by atoms with van der Waals surface area (Å²) in [5.41, 5.74) is 9.12. The number of nitrogens with two attached hydrogens (primary N) is 1. The summed E-state index contributed by atoms with van der Waals surface area (Å²) < 4.78 is 37.8. The lowest BCUT2D eigenvalue weighted by atomic mass is 9.95. The molecule has 3 aromatic rings. The fraction of sp³-hybridized carbons (Fsp3) is 0.217. The molecule has 29 heavy (non-hydrogen) atoms. The molecule has 0 aliphatic rings. The maximum atomic E-state index is 13.7. The largest absolute Gasteiger partial charge is 0.493 e. The summed E-state index contributed by atoms with van der Waals surface area (Å²) >= 11 is 0. The molecule has 3 aromatic carbocycles. The van der Waals surface area contributed by atoms with Gasteiger partial charge in [0.15, 0.2) is 23.1 Å². The van der Waals surface area contributed by atoms with Crippen molar-refractivity contribution in [3.05, 3.63) is 89.0 Å². The van der Waals surface area contributed by atoms with Gasteiger partial charge in [0, 0.05) is 11.7 Å². The third-order valence-corrected chi connectivity index (χ3v) is 4.85. The molecule has 0 saturated heterocycles. The van der Waals surface area contributed by atoms with Gasteiger partial charge in [-0.25, -0.2) is 8.78 Å². The van der Waals surface area contributed by atoms with Gasteiger partial charge in [-0.2, -0.15) is 0 Å². The molecule has 3 N–H and O–H groups in total. The topological polar surface area (TPSA) is 56.5 Å². The van der Waals surface area contributed by atoms with Crippen LogP contribution < -0.4 is 20.5 Å². The molecule has 3 rings (SSSR count). The first-order valence-corrected chi connectivity index (χ1v) is 9.21. The molecule has 6 heteroatoms. The second kappa shape index (κ2) is 8.92. The minimum atomic E-state index is -0.872. The Hall–Kier alpha value is -3.12. The molecular weight excluding hydrogens is 374 g/mol. The van der Waals surface area contributed by atoms with Gasteiger partial charge >= 0.3 is 0 Å². The van der Waals surface area contributed by atoms with Gasteiger partial charge in [0.25, 0.3) is 0 Å². The van der Waals surface area contributed by atoms with E-state index in [4.69, 9.17) is 15.2 Å². The van der Waals surface area contributed by atoms with Crippen molar-refractivity contribution in [2.75, 3.05) is 20.0 Å². The zero-order valence-corrected chi connectivity index (χ0v) is 16.6. The van der Waals surface area contributed by atoms with E-state index in [1.54, 1.807) is 20.3 Å². The third-order valence-electron chi connectivity index (χ3n) is 4.85. The molecule has 0 aromatic heterocycles. The zero-order valence-electron chi connectivity index (χ0n) is 16.6. The lowest BCUT2D eigenvalue weighted by molar-refractivity contribution is 0.354. The fourth-order valence-electron chi connectivity index (χ4n) is 3.28. The van der Waals surface area contributed by atoms with E-state index in [1.807, 2.05) is 49.4 Å². The summed E-state index contributed by atoms with van der Waals surface area (Å²) in [6.07, 6.45) is 0. The molecule has 0 bridgehead atoms. The smallest absolute Gasteiger partial charge is 0.161 e. The Morgan fingerprint density at radius 2 is 1.48 bits per heavy atom. The first kappa shape index (κ1) is 20.6. The zero-order chi connectivity index (χ0) is 21.0. The highest BCUT2D eigenvalue weighted by molar-refractivity contribution is 5.48. The van der Waals surface area contributed by atoms with Crippen molar-refractivity contribution in [1.82, 2.24) is 5.32 Å². The van der Waals surface area contributed by atoms with Crippen LogP contribution in [0.25, 0.3) is 0 Å². The number of hydrogen-bond acceptors (Lipinski definition) is 4. The summed E-state index contributed by atoms with van der Waals surface area (Å²) in [5, 5.41) is 3.49. The van der Waals surface area contributed by atoms with Crippen molar-refractivity contribution in [1.29, 1.82) is 0 Å². The van der Waals surface area contributed by atoms with E-state index in [-0.39, 0.29) is 12.1 Å². The molecule has 0 radical (unpaired) electrons. The van der Waals surface area contributed by atoms with E-state index >= 15 is 0 Å². The van der Waals surface area contributed by atoms with Gasteiger partial charge in [0.2, 0.25) is 0 Å². The van der Waals surface area contributed by atoms with Crippen LogP contribution in [-0.2, 0) is 0 Å². The van der Waals surface area contributed by atoms with Crippen molar-refractivity contribution in [3.8, 4) is 11.5 Å². The normalized spacial score (nSPS) is 13.0. The van der Waals surface area contributed by atoms with Gasteiger partial charge < -0.3 is 15.2 Å². The van der Waals surface area contributed by atoms with Crippen LogP contribution >= 0.6 is 0 Å². The first-order valence-electron chi connectivity index (χ1n) is 9.21. The van der Waals surface area contributed by atoms with Gasteiger partial charge in [0.05, 0.1) is 20.3 Å². The van der Waals surface area contributed by atoms with Crippen molar-refractivity contribution in [3.63, 3.8) is 0 Å². The van der Waals surface area contributed by atoms with E-state index in [0.29, 0.717) is 22.7 Å². The van der Waals surface area contributed by atoms with Crippen LogP contribution in [0.3, 0.4) is 0 Å². The number of halogens is 2. The number of ether oxygens (including phenoxy) is 2. The molecule has 0 heterocycles. The maximum absolute atomic E-state index is 13.7. The highest BCUT2D eigenvalue weighted by atomic mass is 19.2. The molecule has 2 unspecified atom stereocenters. The maximum Gasteiger partial charge on any atom is 0.161 e. The molecule has 0 spiro atoms. The number of anilines is 1. The monoisotopic (exact) mass is 398 g/mol. The molecule has 2 atom stereocenters. The third kappa shape index (κ3) is 4.66. The van der Waals surface area contributed by atoms with Crippen LogP contribution in [0, 0.1) is 11.6 Å². The van der Waals surface area contributed by atoms with E-state index in [0.717, 1.165) is 17.2 Å². The number of hydrogen-bond donors (Lipinski definition) is 2. The van der Waals surface area contributed by atoms with Crippen molar-refractivity contribution in [2.45, 2.75) is 19.0 Å². The highest BCUT2D eigenvalue weighted by Gasteiger charge is 2.20. The number of benzene rings is 3. The van der Waals surface area contributed by atoms with Gasteiger partial charge in [-0.1, -0.05) is 24.3 Å². The molecule has 152 valence electrons. The second-order valence-corrected chi connectivity index (χ2v) is 6.78. The summed E-state index contributed by atoms with van der Waals surface area (Å²) in [5.74, 6) is -0.520.